The van der Waals surface area contributed by atoms with Gasteiger partial charge in [-0.3, -0.25) is 4.79 Å². The molecule has 1 aliphatic carbocycles. The molecule has 0 bridgehead atoms. The zero-order valence-corrected chi connectivity index (χ0v) is 19.7. The van der Waals surface area contributed by atoms with Crippen molar-refractivity contribution >= 4 is 11.9 Å². The molecule has 1 aromatic carbocycles. The van der Waals surface area contributed by atoms with Gasteiger partial charge in [-0.15, -0.1) is 6.42 Å². The van der Waals surface area contributed by atoms with Crippen LogP contribution in [0, 0.1) is 23.7 Å². The van der Waals surface area contributed by atoms with Crippen molar-refractivity contribution in [3.05, 3.63) is 29.8 Å². The van der Waals surface area contributed by atoms with Gasteiger partial charge in [-0.1, -0.05) is 5.92 Å². The van der Waals surface area contributed by atoms with E-state index < -0.39 is 11.6 Å². The minimum absolute atomic E-state index is 0.0958. The van der Waals surface area contributed by atoms with Crippen molar-refractivity contribution in [2.45, 2.75) is 89.1 Å². The van der Waals surface area contributed by atoms with Crippen molar-refractivity contribution in [3.63, 3.8) is 0 Å². The van der Waals surface area contributed by atoms with Crippen molar-refractivity contribution < 1.29 is 19.1 Å². The van der Waals surface area contributed by atoms with Crippen LogP contribution in [0.5, 0.6) is 5.75 Å². The molecule has 2 atom stereocenters. The fourth-order valence-corrected chi connectivity index (χ4v) is 4.36. The Morgan fingerprint density at radius 3 is 2.30 bits per heavy atom. The van der Waals surface area contributed by atoms with E-state index in [1.165, 1.54) is 0 Å². The van der Waals surface area contributed by atoms with Crippen molar-refractivity contribution in [1.82, 2.24) is 10.2 Å². The molecule has 7 nitrogen and oxygen atoms in total. The molecule has 7 heteroatoms. The summed E-state index contributed by atoms with van der Waals surface area (Å²) in [4.78, 5) is 26.3. The molecule has 33 heavy (non-hydrogen) atoms. The molecule has 1 aromatic rings. The molecular weight excluding hydrogens is 418 g/mol. The Kier molecular flexibility index (Phi) is 8.00. The van der Waals surface area contributed by atoms with E-state index >= 15 is 0 Å². The molecule has 1 heterocycles. The van der Waals surface area contributed by atoms with Crippen LogP contribution in [0.3, 0.4) is 0 Å². The van der Waals surface area contributed by atoms with Gasteiger partial charge < -0.3 is 19.7 Å². The summed E-state index contributed by atoms with van der Waals surface area (Å²) in [5.74, 6) is 2.90. The second-order valence-electron chi connectivity index (χ2n) is 9.70. The first-order valence-electron chi connectivity index (χ1n) is 11.6. The smallest absolute Gasteiger partial charge is 0.338 e. The second-order valence-corrected chi connectivity index (χ2v) is 9.70. The number of amides is 1. The van der Waals surface area contributed by atoms with Crippen molar-refractivity contribution in [2.24, 2.45) is 0 Å². The number of nitrogens with zero attached hydrogens (tertiary/aromatic N) is 2. The number of hydrogen-bond donors (Lipinski definition) is 1. The summed E-state index contributed by atoms with van der Waals surface area (Å²) in [6.07, 6.45) is 10.5. The molecule has 0 radical (unpaired) electrons. The monoisotopic (exact) mass is 451 g/mol. The van der Waals surface area contributed by atoms with Crippen molar-refractivity contribution in [3.8, 4) is 24.2 Å². The van der Waals surface area contributed by atoms with Gasteiger partial charge in [0, 0.05) is 6.04 Å². The maximum absolute atomic E-state index is 12.6. The van der Waals surface area contributed by atoms with E-state index in [4.69, 9.17) is 15.9 Å². The third-order valence-electron chi connectivity index (χ3n) is 6.02. The lowest BCUT2D eigenvalue weighted by Crippen LogP contribution is -2.47. The Morgan fingerprint density at radius 2 is 1.73 bits per heavy atom. The van der Waals surface area contributed by atoms with Crippen LogP contribution in [0.1, 0.15) is 69.7 Å². The second kappa shape index (κ2) is 10.7. The summed E-state index contributed by atoms with van der Waals surface area (Å²) in [7, 11) is 0. The molecule has 1 amide bonds. The van der Waals surface area contributed by atoms with Crippen molar-refractivity contribution in [1.29, 1.82) is 5.26 Å². The Labute approximate surface area is 196 Å². The quantitative estimate of drug-likeness (QED) is 0.526. The Hall–Kier alpha value is -3.03. The number of carbonyl (C=O) groups excluding carboxylic acids is 2. The maximum atomic E-state index is 12.6. The summed E-state index contributed by atoms with van der Waals surface area (Å²) in [6, 6.07) is 8.75. The number of likely N-dealkylation sites (tertiary alicyclic amines) is 1. The molecule has 2 aliphatic rings. The van der Waals surface area contributed by atoms with Crippen LogP contribution in [-0.2, 0) is 9.53 Å². The maximum Gasteiger partial charge on any atom is 0.338 e. The molecule has 1 saturated heterocycles. The number of terminal acetylenes is 1. The zero-order chi connectivity index (χ0) is 24.0. The summed E-state index contributed by atoms with van der Waals surface area (Å²) in [5.41, 5.74) is -0.0306. The van der Waals surface area contributed by atoms with Gasteiger partial charge in [0.1, 0.15) is 17.4 Å². The SMILES string of the molecule is C#C[C@H]1CC[C@@H](C#N)N1C(=O)CNC1CCC(Oc2ccc(C(=O)OC(C)(C)C)cc2)CC1. The van der Waals surface area contributed by atoms with Crippen molar-refractivity contribution in [2.75, 3.05) is 6.54 Å². The Bertz CT molecular complexity index is 893. The lowest BCUT2D eigenvalue weighted by atomic mass is 9.93. The summed E-state index contributed by atoms with van der Waals surface area (Å²) >= 11 is 0. The molecule has 0 unspecified atom stereocenters. The topological polar surface area (TPSA) is 91.7 Å². The lowest BCUT2D eigenvalue weighted by Gasteiger charge is -2.30. The fraction of sp³-hybridized carbons (Fsp3) is 0.577. The highest BCUT2D eigenvalue weighted by Gasteiger charge is 2.36. The molecule has 176 valence electrons. The van der Waals surface area contributed by atoms with Gasteiger partial charge >= 0.3 is 5.97 Å². The molecule has 0 spiro atoms. The number of rotatable bonds is 6. The largest absolute Gasteiger partial charge is 0.490 e. The van der Waals surface area contributed by atoms with Gasteiger partial charge in [-0.25, -0.2) is 4.79 Å². The van der Waals surface area contributed by atoms with Crippen LogP contribution in [-0.4, -0.2) is 53.2 Å². The summed E-state index contributed by atoms with van der Waals surface area (Å²) in [6.45, 7) is 5.71. The molecule has 1 N–H and O–H groups in total. The van der Waals surface area contributed by atoms with E-state index in [0.717, 1.165) is 31.4 Å². The number of benzene rings is 1. The van der Waals surface area contributed by atoms with E-state index in [1.807, 2.05) is 20.8 Å². The standard InChI is InChI=1S/C26H33N3O4/c1-5-20-10-11-21(16-27)29(20)24(30)17-28-19-8-14-23(15-9-19)32-22-12-6-18(7-13-22)25(31)33-26(2,3)4/h1,6-7,12-13,19-21,23,28H,8-11,14-15,17H2,2-4H3/t19?,20-,21-,23?/m0/s1. The molecule has 3 rings (SSSR count). The van der Waals surface area contributed by atoms with Gasteiger partial charge in [-0.2, -0.15) is 5.26 Å². The summed E-state index contributed by atoms with van der Waals surface area (Å²) in [5, 5.41) is 12.6. The first-order chi connectivity index (χ1) is 15.7. The normalized spacial score (nSPS) is 25.1. The van der Waals surface area contributed by atoms with E-state index in [0.29, 0.717) is 18.4 Å². The number of hydrogen-bond acceptors (Lipinski definition) is 6. The van der Waals surface area contributed by atoms with E-state index in [2.05, 4.69) is 17.3 Å². The average molecular weight is 452 g/mol. The average Bonchev–Trinajstić information content (AvgIpc) is 3.21. The van der Waals surface area contributed by atoms with E-state index in [-0.39, 0.29) is 36.6 Å². The first kappa shape index (κ1) is 24.6. The third kappa shape index (κ3) is 6.73. The lowest BCUT2D eigenvalue weighted by molar-refractivity contribution is -0.131. The van der Waals surface area contributed by atoms with Gasteiger partial charge in [0.05, 0.1) is 30.3 Å². The van der Waals surface area contributed by atoms with Gasteiger partial charge in [0.2, 0.25) is 5.91 Å². The van der Waals surface area contributed by atoms with E-state index in [1.54, 1.807) is 29.2 Å². The third-order valence-corrected chi connectivity index (χ3v) is 6.02. The van der Waals surface area contributed by atoms with Gasteiger partial charge in [-0.05, 0) is 83.6 Å². The molecule has 2 fully saturated rings. The van der Waals surface area contributed by atoms with Crippen LogP contribution >= 0.6 is 0 Å². The molecular formula is C26H33N3O4. The van der Waals surface area contributed by atoms with Crippen LogP contribution in [0.15, 0.2) is 24.3 Å². The molecule has 0 aromatic heterocycles. The highest BCUT2D eigenvalue weighted by atomic mass is 16.6. The zero-order valence-electron chi connectivity index (χ0n) is 19.7. The predicted molar refractivity (Wildman–Crippen MR) is 124 cm³/mol. The van der Waals surface area contributed by atoms with Crippen LogP contribution in [0.25, 0.3) is 0 Å². The van der Waals surface area contributed by atoms with E-state index in [9.17, 15) is 14.9 Å². The van der Waals surface area contributed by atoms with Gasteiger partial charge in [0.25, 0.3) is 0 Å². The number of ether oxygens (including phenoxy) is 2. The number of carbonyl (C=O) groups is 2. The summed E-state index contributed by atoms with van der Waals surface area (Å²) < 4.78 is 11.5. The Morgan fingerprint density at radius 1 is 1.09 bits per heavy atom. The van der Waals surface area contributed by atoms with Crippen LogP contribution < -0.4 is 10.1 Å². The number of esters is 1. The van der Waals surface area contributed by atoms with Gasteiger partial charge in [0.15, 0.2) is 0 Å². The van der Waals surface area contributed by atoms with Crippen LogP contribution in [0.2, 0.25) is 0 Å². The predicted octanol–water partition coefficient (Wildman–Crippen LogP) is 3.44. The number of nitriles is 1. The van der Waals surface area contributed by atoms with Crippen LogP contribution in [0.4, 0.5) is 0 Å². The number of nitrogens with one attached hydrogen (secondary N) is 1. The highest BCUT2D eigenvalue weighted by molar-refractivity contribution is 5.89. The highest BCUT2D eigenvalue weighted by Crippen LogP contribution is 2.26. The first-order valence-corrected chi connectivity index (χ1v) is 11.6. The molecule has 1 saturated carbocycles. The minimum atomic E-state index is -0.529. The minimum Gasteiger partial charge on any atom is -0.490 e. The fourth-order valence-electron chi connectivity index (χ4n) is 4.36. The Balaban J connectivity index is 1.42. The molecule has 1 aliphatic heterocycles.